The molecular weight excluding hydrogens is 292 g/mol. The minimum absolute atomic E-state index is 0.412. The number of imidazole rings is 1. The van der Waals surface area contributed by atoms with Crippen LogP contribution in [0.4, 0.5) is 0 Å². The number of rotatable bonds is 6. The minimum atomic E-state index is -1.02. The summed E-state index contributed by atoms with van der Waals surface area (Å²) < 4.78 is 7.67. The molecule has 0 atom stereocenters. The summed E-state index contributed by atoms with van der Waals surface area (Å²) in [5, 5.41) is 9.14. The van der Waals surface area contributed by atoms with E-state index in [-0.39, 0.29) is 0 Å². The van der Waals surface area contributed by atoms with Crippen molar-refractivity contribution in [3.63, 3.8) is 0 Å². The van der Waals surface area contributed by atoms with Crippen molar-refractivity contribution in [1.82, 2.24) is 9.55 Å². The number of hydrogen-bond donors (Lipinski definition) is 1. The second kappa shape index (κ2) is 6.95. The molecule has 0 radical (unpaired) electrons. The number of halogens is 1. The summed E-state index contributed by atoms with van der Waals surface area (Å²) in [6.07, 6.45) is 6.12. The lowest BCUT2D eigenvalue weighted by Crippen LogP contribution is -2.09. The fourth-order valence-corrected chi connectivity index (χ4v) is 2.09. The van der Waals surface area contributed by atoms with Crippen LogP contribution >= 0.6 is 11.6 Å². The molecule has 0 amide bonds. The number of carboxylic acids is 1. The first kappa shape index (κ1) is 15.1. The molecule has 2 rings (SSSR count). The van der Waals surface area contributed by atoms with Crippen LogP contribution in [-0.2, 0) is 11.3 Å². The molecule has 0 aliphatic rings. The third-order valence-corrected chi connectivity index (χ3v) is 3.20. The first-order valence-electron chi connectivity index (χ1n) is 6.38. The molecule has 2 aromatic rings. The number of carbonyl (C=O) groups is 1. The van der Waals surface area contributed by atoms with E-state index in [9.17, 15) is 4.79 Å². The molecule has 0 aliphatic heterocycles. The van der Waals surface area contributed by atoms with Crippen LogP contribution in [0.1, 0.15) is 11.4 Å². The molecule has 5 nitrogen and oxygen atoms in total. The Morgan fingerprint density at radius 2 is 2.33 bits per heavy atom. The molecule has 0 aliphatic carbocycles. The van der Waals surface area contributed by atoms with E-state index in [1.54, 1.807) is 24.4 Å². The quantitative estimate of drug-likeness (QED) is 0.833. The summed E-state index contributed by atoms with van der Waals surface area (Å²) in [7, 11) is 0. The van der Waals surface area contributed by atoms with Crippen LogP contribution in [-0.4, -0.2) is 27.2 Å². The fourth-order valence-electron chi connectivity index (χ4n) is 1.86. The molecule has 21 heavy (non-hydrogen) atoms. The second-order valence-corrected chi connectivity index (χ2v) is 4.75. The number of hydrogen-bond acceptors (Lipinski definition) is 3. The number of nitrogens with zero attached hydrogens (tertiary/aromatic N) is 2. The van der Waals surface area contributed by atoms with Crippen LogP contribution in [0.5, 0.6) is 5.75 Å². The molecular formula is C15H15ClN2O3. The highest BCUT2D eigenvalue weighted by atomic mass is 35.5. The number of para-hydroxylation sites is 1. The molecule has 0 spiro atoms. The van der Waals surface area contributed by atoms with Gasteiger partial charge in [0.2, 0.25) is 0 Å². The van der Waals surface area contributed by atoms with E-state index in [1.165, 1.54) is 6.08 Å². The second-order valence-electron chi connectivity index (χ2n) is 4.35. The predicted molar refractivity (Wildman–Crippen MR) is 80.6 cm³/mol. The first-order valence-corrected chi connectivity index (χ1v) is 6.76. The van der Waals surface area contributed by atoms with E-state index in [4.69, 9.17) is 21.4 Å². The highest BCUT2D eigenvalue weighted by Gasteiger charge is 2.07. The Kier molecular flexibility index (Phi) is 5.00. The average molecular weight is 307 g/mol. The Hall–Kier alpha value is -2.27. The van der Waals surface area contributed by atoms with Crippen LogP contribution in [0.15, 0.2) is 36.7 Å². The van der Waals surface area contributed by atoms with E-state index in [0.29, 0.717) is 29.5 Å². The number of aliphatic carboxylic acids is 1. The summed E-state index contributed by atoms with van der Waals surface area (Å²) in [4.78, 5) is 14.7. The van der Waals surface area contributed by atoms with Gasteiger partial charge in [0.1, 0.15) is 18.2 Å². The van der Waals surface area contributed by atoms with E-state index in [1.807, 2.05) is 17.7 Å². The van der Waals surface area contributed by atoms with Gasteiger partial charge in [-0.15, -0.1) is 0 Å². The third-order valence-electron chi connectivity index (χ3n) is 2.91. The maximum Gasteiger partial charge on any atom is 0.328 e. The Morgan fingerprint density at radius 1 is 1.52 bits per heavy atom. The molecule has 0 fully saturated rings. The van der Waals surface area contributed by atoms with Gasteiger partial charge in [0.05, 0.1) is 11.6 Å². The molecule has 0 unspecified atom stereocenters. The van der Waals surface area contributed by atoms with Crippen LogP contribution in [0, 0.1) is 6.92 Å². The van der Waals surface area contributed by atoms with E-state index in [2.05, 4.69) is 4.98 Å². The molecule has 1 heterocycles. The number of aromatic nitrogens is 2. The maximum absolute atomic E-state index is 10.6. The lowest BCUT2D eigenvalue weighted by Gasteiger charge is -2.12. The standard InChI is InChI=1S/C15H15ClN2O3/c1-11-17-7-8-18(11)9-10-21-15-12(5-6-14(19)20)3-2-4-13(15)16/h2-8H,9-10H2,1H3,(H,19,20)/b6-5+. The van der Waals surface area contributed by atoms with Gasteiger partial charge in [-0.25, -0.2) is 9.78 Å². The van der Waals surface area contributed by atoms with E-state index in [0.717, 1.165) is 11.9 Å². The molecule has 1 aromatic carbocycles. The van der Waals surface area contributed by atoms with Gasteiger partial charge in [-0.1, -0.05) is 23.7 Å². The zero-order valence-electron chi connectivity index (χ0n) is 11.5. The summed E-state index contributed by atoms with van der Waals surface area (Å²) in [6.45, 7) is 2.96. The van der Waals surface area contributed by atoms with Gasteiger partial charge in [-0.2, -0.15) is 0 Å². The summed E-state index contributed by atoms with van der Waals surface area (Å²) in [6, 6.07) is 5.21. The van der Waals surface area contributed by atoms with Crippen molar-refractivity contribution in [2.24, 2.45) is 0 Å². The fraction of sp³-hybridized carbons (Fsp3) is 0.200. The Bertz CT molecular complexity index is 665. The van der Waals surface area contributed by atoms with Gasteiger partial charge in [-0.05, 0) is 19.1 Å². The molecule has 0 bridgehead atoms. The topological polar surface area (TPSA) is 64.4 Å². The van der Waals surface area contributed by atoms with Crippen molar-refractivity contribution < 1.29 is 14.6 Å². The van der Waals surface area contributed by atoms with Crippen molar-refractivity contribution in [3.05, 3.63) is 53.1 Å². The lowest BCUT2D eigenvalue weighted by atomic mass is 10.2. The molecule has 6 heteroatoms. The van der Waals surface area contributed by atoms with E-state index >= 15 is 0 Å². The number of carboxylic acid groups (broad SMARTS) is 1. The van der Waals surface area contributed by atoms with Crippen LogP contribution in [0.3, 0.4) is 0 Å². The molecule has 0 saturated heterocycles. The zero-order chi connectivity index (χ0) is 15.2. The maximum atomic E-state index is 10.6. The number of aryl methyl sites for hydroxylation is 1. The first-order chi connectivity index (χ1) is 10.1. The third kappa shape index (κ3) is 4.10. The Labute approximate surface area is 127 Å². The summed E-state index contributed by atoms with van der Waals surface area (Å²) in [5.74, 6) is 0.369. The van der Waals surface area contributed by atoms with Gasteiger partial charge in [0.25, 0.3) is 0 Å². The van der Waals surface area contributed by atoms with Gasteiger partial charge in [0.15, 0.2) is 0 Å². The smallest absolute Gasteiger partial charge is 0.328 e. The summed E-state index contributed by atoms with van der Waals surface area (Å²) >= 11 is 6.11. The van der Waals surface area contributed by atoms with Gasteiger partial charge in [0, 0.05) is 24.0 Å². The molecule has 1 N–H and O–H groups in total. The van der Waals surface area contributed by atoms with Crippen molar-refractivity contribution in [2.45, 2.75) is 13.5 Å². The highest BCUT2D eigenvalue weighted by molar-refractivity contribution is 6.32. The highest BCUT2D eigenvalue weighted by Crippen LogP contribution is 2.29. The normalized spacial score (nSPS) is 11.0. The van der Waals surface area contributed by atoms with E-state index < -0.39 is 5.97 Å². The molecule has 110 valence electrons. The lowest BCUT2D eigenvalue weighted by molar-refractivity contribution is -0.131. The number of benzene rings is 1. The Balaban J connectivity index is 2.08. The zero-order valence-corrected chi connectivity index (χ0v) is 12.2. The monoisotopic (exact) mass is 306 g/mol. The SMILES string of the molecule is Cc1nccn1CCOc1c(Cl)cccc1/C=C/C(=O)O. The van der Waals surface area contributed by atoms with Gasteiger partial charge in [-0.3, -0.25) is 0 Å². The van der Waals surface area contributed by atoms with Crippen molar-refractivity contribution in [2.75, 3.05) is 6.61 Å². The van der Waals surface area contributed by atoms with Crippen molar-refractivity contribution in [3.8, 4) is 5.75 Å². The predicted octanol–water partition coefficient (Wildman–Crippen LogP) is 3.02. The van der Waals surface area contributed by atoms with Crippen molar-refractivity contribution >= 4 is 23.6 Å². The van der Waals surface area contributed by atoms with Gasteiger partial charge >= 0.3 is 5.97 Å². The Morgan fingerprint density at radius 3 is 3.00 bits per heavy atom. The minimum Gasteiger partial charge on any atom is -0.490 e. The molecule has 1 aromatic heterocycles. The van der Waals surface area contributed by atoms with Crippen LogP contribution in [0.2, 0.25) is 5.02 Å². The number of ether oxygens (including phenoxy) is 1. The van der Waals surface area contributed by atoms with Crippen LogP contribution < -0.4 is 4.74 Å². The van der Waals surface area contributed by atoms with Gasteiger partial charge < -0.3 is 14.4 Å². The summed E-state index contributed by atoms with van der Waals surface area (Å²) in [5.41, 5.74) is 0.632. The average Bonchev–Trinajstić information content (AvgIpc) is 2.84. The molecule has 0 saturated carbocycles. The van der Waals surface area contributed by atoms with Crippen LogP contribution in [0.25, 0.3) is 6.08 Å². The van der Waals surface area contributed by atoms with Crippen molar-refractivity contribution in [1.29, 1.82) is 0 Å². The largest absolute Gasteiger partial charge is 0.490 e.